The van der Waals surface area contributed by atoms with Crippen molar-refractivity contribution < 1.29 is 43.2 Å². The number of carboxylic acids is 1. The molecule has 1 aliphatic heterocycles. The van der Waals surface area contributed by atoms with Gasteiger partial charge in [0.05, 0.1) is 20.6 Å². The van der Waals surface area contributed by atoms with Gasteiger partial charge in [-0.25, -0.2) is 9.59 Å². The summed E-state index contributed by atoms with van der Waals surface area (Å²) in [6.07, 6.45) is -1.47. The zero-order valence-electron chi connectivity index (χ0n) is 26.9. The number of benzene rings is 3. The number of carbonyl (C=O) groups excluding carboxylic acids is 3. The molecule has 1 saturated heterocycles. The fourth-order valence-electron chi connectivity index (χ4n) is 5.94. The predicted molar refractivity (Wildman–Crippen MR) is 175 cm³/mol. The summed E-state index contributed by atoms with van der Waals surface area (Å²) in [4.78, 5) is 54.2. The Bertz CT molecular complexity index is 1630. The molecule has 12 heteroatoms. The Morgan fingerprint density at radius 2 is 1.57 bits per heavy atom. The fourth-order valence-corrected chi connectivity index (χ4v) is 7.39. The van der Waals surface area contributed by atoms with Gasteiger partial charge in [-0.1, -0.05) is 48.5 Å². The van der Waals surface area contributed by atoms with Crippen molar-refractivity contribution in [1.29, 1.82) is 0 Å². The van der Waals surface area contributed by atoms with Crippen LogP contribution in [0.1, 0.15) is 55.2 Å². The van der Waals surface area contributed by atoms with Gasteiger partial charge in [0.25, 0.3) is 0 Å². The van der Waals surface area contributed by atoms with Crippen LogP contribution in [0.5, 0.6) is 11.5 Å². The summed E-state index contributed by atoms with van der Waals surface area (Å²) in [5.74, 6) is -1.99. The van der Waals surface area contributed by atoms with E-state index in [0.717, 1.165) is 22.3 Å². The highest BCUT2D eigenvalue weighted by Gasteiger charge is 2.46. The zero-order chi connectivity index (χ0) is 33.9. The first-order valence-corrected chi connectivity index (χ1v) is 16.2. The molecule has 3 aromatic carbocycles. The van der Waals surface area contributed by atoms with Crippen LogP contribution in [-0.4, -0.2) is 78.2 Å². The second-order valence-electron chi connectivity index (χ2n) is 12.2. The first-order valence-electron chi connectivity index (χ1n) is 15.1. The molecule has 0 spiro atoms. The maximum atomic E-state index is 14.3. The number of thioether (sulfide) groups is 1. The van der Waals surface area contributed by atoms with Crippen molar-refractivity contribution >= 4 is 35.7 Å². The number of carboxylic acid groups (broad SMARTS) is 1. The van der Waals surface area contributed by atoms with E-state index in [0.29, 0.717) is 17.1 Å². The van der Waals surface area contributed by atoms with E-state index < -0.39 is 53.4 Å². The SMILES string of the molecule is COc1ccc(C2SCC(C(=O)O)N2C(=O)C(CC(=O)OC(C)(C)C)NC(=O)OCC2c3ccccc3-c3ccccc32)c(OC)c1. The molecule has 47 heavy (non-hydrogen) atoms. The summed E-state index contributed by atoms with van der Waals surface area (Å²) in [5, 5.41) is 11.9. The predicted octanol–water partition coefficient (Wildman–Crippen LogP) is 5.37. The molecule has 3 unspecified atom stereocenters. The Labute approximate surface area is 277 Å². The molecule has 1 aliphatic carbocycles. The van der Waals surface area contributed by atoms with Crippen LogP contribution in [0, 0.1) is 0 Å². The second kappa shape index (κ2) is 14.0. The number of alkyl carbamates (subject to hydrolysis) is 1. The van der Waals surface area contributed by atoms with Gasteiger partial charge >= 0.3 is 18.0 Å². The molecule has 0 saturated carbocycles. The van der Waals surface area contributed by atoms with E-state index >= 15 is 0 Å². The molecular weight excluding hydrogens is 624 g/mol. The van der Waals surface area contributed by atoms with Crippen molar-refractivity contribution in [1.82, 2.24) is 10.2 Å². The van der Waals surface area contributed by atoms with Crippen LogP contribution >= 0.6 is 11.8 Å². The Morgan fingerprint density at radius 3 is 2.15 bits per heavy atom. The fraction of sp³-hybridized carbons (Fsp3) is 0.371. The molecule has 1 fully saturated rings. The van der Waals surface area contributed by atoms with Crippen molar-refractivity contribution in [2.45, 2.75) is 56.2 Å². The minimum atomic E-state index is -1.48. The quantitative estimate of drug-likeness (QED) is 0.272. The van der Waals surface area contributed by atoms with E-state index in [2.05, 4.69) is 5.32 Å². The summed E-state index contributed by atoms with van der Waals surface area (Å²) < 4.78 is 22.0. The van der Waals surface area contributed by atoms with Gasteiger partial charge in [0, 0.05) is 23.3 Å². The lowest BCUT2D eigenvalue weighted by atomic mass is 9.98. The number of aliphatic carboxylic acids is 1. The normalized spacial score (nSPS) is 17.7. The first-order chi connectivity index (χ1) is 22.4. The highest BCUT2D eigenvalue weighted by Crippen LogP contribution is 2.46. The van der Waals surface area contributed by atoms with Crippen LogP contribution in [0.4, 0.5) is 4.79 Å². The molecule has 1 heterocycles. The molecule has 0 bridgehead atoms. The van der Waals surface area contributed by atoms with Crippen LogP contribution in [0.3, 0.4) is 0 Å². The standard InChI is InChI=1S/C35H38N2O9S/c1-35(2,3)46-30(38)17-27(36-34(42)45-18-26-23-12-8-6-10-21(23)22-11-7-9-13-24(22)26)31(39)37-28(33(40)41)19-47-32(37)25-15-14-20(43-4)16-29(25)44-5/h6-16,26-28,32H,17-19H2,1-5H3,(H,36,42)(H,40,41). The Morgan fingerprint density at radius 1 is 0.936 bits per heavy atom. The molecule has 2 aliphatic rings. The van der Waals surface area contributed by atoms with Gasteiger partial charge in [0.1, 0.15) is 41.2 Å². The van der Waals surface area contributed by atoms with Gasteiger partial charge in [0.15, 0.2) is 0 Å². The van der Waals surface area contributed by atoms with E-state index in [1.54, 1.807) is 39.0 Å². The number of ether oxygens (including phenoxy) is 4. The number of nitrogens with one attached hydrogen (secondary N) is 1. The summed E-state index contributed by atoms with van der Waals surface area (Å²) in [7, 11) is 2.97. The van der Waals surface area contributed by atoms with E-state index in [4.69, 9.17) is 18.9 Å². The van der Waals surface area contributed by atoms with Crippen LogP contribution in [0.15, 0.2) is 66.7 Å². The van der Waals surface area contributed by atoms with E-state index in [1.807, 2.05) is 48.5 Å². The van der Waals surface area contributed by atoms with Crippen molar-refractivity contribution in [3.05, 3.63) is 83.4 Å². The minimum Gasteiger partial charge on any atom is -0.497 e. The Hall–Kier alpha value is -4.71. The number of hydrogen-bond donors (Lipinski definition) is 2. The van der Waals surface area contributed by atoms with Crippen molar-refractivity contribution in [3.63, 3.8) is 0 Å². The lowest BCUT2D eigenvalue weighted by Crippen LogP contribution is -2.53. The van der Waals surface area contributed by atoms with Crippen molar-refractivity contribution in [2.75, 3.05) is 26.6 Å². The monoisotopic (exact) mass is 662 g/mol. The summed E-state index contributed by atoms with van der Waals surface area (Å²) in [5.41, 5.74) is 3.81. The molecule has 2 amide bonds. The number of carbonyl (C=O) groups is 4. The largest absolute Gasteiger partial charge is 0.497 e. The summed E-state index contributed by atoms with van der Waals surface area (Å²) in [6, 6.07) is 18.1. The van der Waals surface area contributed by atoms with Gasteiger partial charge in [-0.2, -0.15) is 0 Å². The number of hydrogen-bond acceptors (Lipinski definition) is 9. The highest BCUT2D eigenvalue weighted by molar-refractivity contribution is 7.99. The Kier molecular flexibility index (Phi) is 9.99. The van der Waals surface area contributed by atoms with Gasteiger partial charge < -0.3 is 34.3 Å². The van der Waals surface area contributed by atoms with Crippen molar-refractivity contribution in [3.8, 4) is 22.6 Å². The van der Waals surface area contributed by atoms with Crippen LogP contribution in [0.25, 0.3) is 11.1 Å². The average Bonchev–Trinajstić information content (AvgIpc) is 3.62. The topological polar surface area (TPSA) is 141 Å². The minimum absolute atomic E-state index is 0.0177. The van der Waals surface area contributed by atoms with E-state index in [1.165, 1.54) is 30.9 Å². The molecule has 2 N–H and O–H groups in total. The lowest BCUT2D eigenvalue weighted by molar-refractivity contribution is -0.158. The van der Waals surface area contributed by atoms with Crippen LogP contribution in [0.2, 0.25) is 0 Å². The average molecular weight is 663 g/mol. The highest BCUT2D eigenvalue weighted by atomic mass is 32.2. The number of nitrogens with zero attached hydrogens (tertiary/aromatic N) is 1. The van der Waals surface area contributed by atoms with Crippen LogP contribution < -0.4 is 14.8 Å². The maximum Gasteiger partial charge on any atom is 0.407 e. The number of fused-ring (bicyclic) bond motifs is 3. The third kappa shape index (κ3) is 7.32. The first kappa shape index (κ1) is 33.6. The van der Waals surface area contributed by atoms with Gasteiger partial charge in [0.2, 0.25) is 5.91 Å². The number of rotatable bonds is 10. The second-order valence-corrected chi connectivity index (χ2v) is 13.3. The molecule has 3 atom stereocenters. The van der Waals surface area contributed by atoms with Crippen LogP contribution in [-0.2, 0) is 23.9 Å². The van der Waals surface area contributed by atoms with Crippen molar-refractivity contribution in [2.24, 2.45) is 0 Å². The zero-order valence-corrected chi connectivity index (χ0v) is 27.7. The molecule has 0 radical (unpaired) electrons. The smallest absolute Gasteiger partial charge is 0.407 e. The molecular formula is C35H38N2O9S. The number of amides is 2. The molecule has 0 aromatic heterocycles. The number of methoxy groups -OCH3 is 2. The van der Waals surface area contributed by atoms with Gasteiger partial charge in [-0.05, 0) is 55.2 Å². The molecule has 11 nitrogen and oxygen atoms in total. The third-order valence-electron chi connectivity index (χ3n) is 7.97. The maximum absolute atomic E-state index is 14.3. The molecule has 5 rings (SSSR count). The lowest BCUT2D eigenvalue weighted by Gasteiger charge is -2.32. The van der Waals surface area contributed by atoms with Gasteiger partial charge in [-0.15, -0.1) is 11.8 Å². The van der Waals surface area contributed by atoms with Gasteiger partial charge in [-0.3, -0.25) is 9.59 Å². The molecule has 248 valence electrons. The summed E-state index contributed by atoms with van der Waals surface area (Å²) in [6.45, 7) is 5.04. The summed E-state index contributed by atoms with van der Waals surface area (Å²) >= 11 is 1.23. The Balaban J connectivity index is 1.41. The van der Waals surface area contributed by atoms with E-state index in [9.17, 15) is 24.3 Å². The third-order valence-corrected chi connectivity index (χ3v) is 9.28. The molecule has 3 aromatic rings. The van der Waals surface area contributed by atoms with E-state index in [-0.39, 0.29) is 18.3 Å². The number of esters is 1.